The van der Waals surface area contributed by atoms with Crippen LogP contribution in [0.2, 0.25) is 48.2 Å². The Kier molecular flexibility index (Phi) is 0.325. The van der Waals surface area contributed by atoms with E-state index in [-0.39, 0.29) is 0 Å². The van der Waals surface area contributed by atoms with Crippen LogP contribution >= 0.6 is 22.5 Å². The van der Waals surface area contributed by atoms with E-state index in [1.807, 2.05) is 0 Å². The molecule has 0 bridgehead atoms. The minimum absolute atomic E-state index is 1.19. The van der Waals surface area contributed by atoms with Crippen molar-refractivity contribution in [2.75, 3.05) is 5.75 Å². The van der Waals surface area contributed by atoms with Crippen molar-refractivity contribution in [2.45, 2.75) is 67.9 Å². The van der Waals surface area contributed by atoms with Crippen LogP contribution in [0.3, 0.4) is 0 Å². The Morgan fingerprint density at radius 2 is 1.18 bits per heavy atom. The Labute approximate surface area is 102 Å². The van der Waals surface area contributed by atoms with Crippen molar-refractivity contribution in [3.8, 4) is 0 Å². The van der Waals surface area contributed by atoms with Gasteiger partial charge in [-0.05, 0) is 6.42 Å². The molecule has 0 aromatic rings. The number of hydrogen-bond donors (Lipinski definition) is 1. The third-order valence-corrected chi connectivity index (χ3v) is 58.1. The average Bonchev–Trinajstić information content (AvgIpc) is 3.30. The van der Waals surface area contributed by atoms with E-state index in [4.69, 9.17) is 0 Å². The number of hydrogen-bond acceptors (Lipinski definition) is 2. The van der Waals surface area contributed by atoms with Gasteiger partial charge in [0, 0.05) is 5.75 Å². The van der Waals surface area contributed by atoms with Crippen LogP contribution in [-0.2, 0) is 6.51 Å². The van der Waals surface area contributed by atoms with Crippen molar-refractivity contribution in [1.82, 2.24) is 0 Å². The third-order valence-electron chi connectivity index (χ3n) is 15.1. The maximum atomic E-state index is 3.97. The van der Waals surface area contributed by atoms with Gasteiger partial charge in [0.05, 0.1) is 0 Å². The Hall–Kier alpha value is 1.22. The first-order valence-electron chi connectivity index (χ1n) is 7.55. The molecular formula is C14H20FeS2. The topological polar surface area (TPSA) is 0 Å². The van der Waals surface area contributed by atoms with Gasteiger partial charge in [0.25, 0.3) is 0 Å². The molecule has 3 heteroatoms. The fourth-order valence-electron chi connectivity index (χ4n) is 16.0. The molecule has 96 valence electrons. The summed E-state index contributed by atoms with van der Waals surface area (Å²) in [4.78, 5) is 15.9. The van der Waals surface area contributed by atoms with Crippen molar-refractivity contribution in [3.63, 3.8) is 0 Å². The quantitative estimate of drug-likeness (QED) is 0.300. The summed E-state index contributed by atoms with van der Waals surface area (Å²) >= 11 is 3.97. The molecule has 10 rings (SSSR count). The van der Waals surface area contributed by atoms with E-state index in [1.165, 1.54) is 18.6 Å². The molecule has 0 amide bonds. The van der Waals surface area contributed by atoms with Crippen LogP contribution in [0.1, 0.15) is 19.8 Å². The summed E-state index contributed by atoms with van der Waals surface area (Å²) in [7, 11) is 1.62. The Bertz CT molecular complexity index is 639. The molecule has 0 saturated carbocycles. The third kappa shape index (κ3) is 0.0956. The molecule has 0 aromatic carbocycles. The molecule has 10 aliphatic rings. The van der Waals surface area contributed by atoms with Crippen molar-refractivity contribution >= 4 is 22.5 Å². The summed E-state index contributed by atoms with van der Waals surface area (Å²) in [5, 5.41) is 0. The van der Waals surface area contributed by atoms with Gasteiger partial charge >= 0.3 is 54.7 Å². The van der Waals surface area contributed by atoms with E-state index < -0.39 is 6.51 Å². The van der Waals surface area contributed by atoms with Gasteiger partial charge in [-0.25, -0.2) is 0 Å². The van der Waals surface area contributed by atoms with Crippen LogP contribution in [0.5, 0.6) is 0 Å². The van der Waals surface area contributed by atoms with E-state index in [2.05, 4.69) is 18.6 Å². The molecular weight excluding hydrogens is 288 g/mol. The van der Waals surface area contributed by atoms with Gasteiger partial charge in [0.2, 0.25) is 0 Å². The first-order valence-corrected chi connectivity index (χ1v) is 16.0. The van der Waals surface area contributed by atoms with Gasteiger partial charge in [-0.15, -0.1) is 11.7 Å². The fraction of sp³-hybridized carbons (Fsp3) is 1.00. The van der Waals surface area contributed by atoms with Crippen molar-refractivity contribution in [2.24, 2.45) is 0 Å². The van der Waals surface area contributed by atoms with Gasteiger partial charge in [-0.2, -0.15) is 0 Å². The van der Waals surface area contributed by atoms with Crippen molar-refractivity contribution in [1.29, 1.82) is 0 Å². The Balaban J connectivity index is 0.0000000947. The van der Waals surface area contributed by atoms with Gasteiger partial charge in [0.15, 0.2) is 0 Å². The van der Waals surface area contributed by atoms with Crippen LogP contribution in [-0.4, -0.2) is 5.75 Å². The van der Waals surface area contributed by atoms with E-state index in [0.29, 0.717) is 0 Å². The maximum absolute atomic E-state index is 3.97. The second-order valence-corrected chi connectivity index (χ2v) is 36.1. The van der Waals surface area contributed by atoms with Crippen LogP contribution < -0.4 is 0 Å². The van der Waals surface area contributed by atoms with Crippen LogP contribution in [0.15, 0.2) is 0 Å². The molecule has 10 fully saturated rings. The molecule has 0 aliphatic carbocycles. The minimum atomic E-state index is -2.28. The number of rotatable bonds is 3. The molecule has 1 spiro atoms. The summed E-state index contributed by atoms with van der Waals surface area (Å²) < 4.78 is 0. The number of fused-ring (bicyclic) bond motifs is 10. The zero-order chi connectivity index (χ0) is 10.9. The molecule has 10 saturated heterocycles. The summed E-state index contributed by atoms with van der Waals surface area (Å²) in [6, 6.07) is 0. The van der Waals surface area contributed by atoms with E-state index >= 15 is 0 Å². The Morgan fingerprint density at radius 1 is 0.824 bits per heavy atom. The summed E-state index contributed by atoms with van der Waals surface area (Å²) in [5.41, 5.74) is 0. The molecule has 0 aromatic heterocycles. The molecule has 0 radical (unpaired) electrons. The second kappa shape index (κ2) is 0.704. The fourth-order valence-corrected chi connectivity index (χ4v) is 89.0. The van der Waals surface area contributed by atoms with Gasteiger partial charge in [0.1, 0.15) is 0 Å². The van der Waals surface area contributed by atoms with Crippen LogP contribution in [0.25, 0.3) is 0 Å². The zero-order valence-electron chi connectivity index (χ0n) is 10.1. The van der Waals surface area contributed by atoms with Gasteiger partial charge in [-0.1, -0.05) is 24.1 Å². The Morgan fingerprint density at radius 3 is 1.24 bits per heavy atom. The van der Waals surface area contributed by atoms with Crippen LogP contribution in [0, 0.1) is 0 Å². The molecule has 10 aliphatic heterocycles. The average molecular weight is 308 g/mol. The second-order valence-electron chi connectivity index (χ2n) is 10.8. The van der Waals surface area contributed by atoms with Crippen LogP contribution in [0.4, 0.5) is 0 Å². The first-order chi connectivity index (χ1) is 8.07. The summed E-state index contributed by atoms with van der Waals surface area (Å²) in [6.07, 6.45) is 2.59. The molecule has 0 unspecified atom stereocenters. The molecule has 0 N–H and O–H groups in total. The van der Waals surface area contributed by atoms with Crippen molar-refractivity contribution in [3.05, 3.63) is 0 Å². The van der Waals surface area contributed by atoms with E-state index in [1.54, 1.807) is 59.0 Å². The SMILES string of the molecule is CCCCSS.[CH]12[CH]3[CH]4[CH]5[CH]1[Fe]23451678[CH]2[CH]1[CH]6[CH]7[CH]28. The van der Waals surface area contributed by atoms with Crippen molar-refractivity contribution < 1.29 is 6.51 Å². The summed E-state index contributed by atoms with van der Waals surface area (Å²) in [6.45, 7) is -0.0988. The predicted octanol–water partition coefficient (Wildman–Crippen LogP) is 5.74. The standard InChI is InChI=1S/2C5H5.C4H10S2.Fe/c2*1-2-4-5-3-1;1-2-3-4-6-5;/h2*1-5H;5H,2-4H2,1H3;. The normalized spacial score (nSPS) is 114. The first kappa shape index (κ1) is 7.86. The van der Waals surface area contributed by atoms with E-state index in [0.717, 1.165) is 0 Å². The van der Waals surface area contributed by atoms with Gasteiger partial charge < -0.3 is 0 Å². The molecule has 0 atom stereocenters. The monoisotopic (exact) mass is 308 g/mol. The van der Waals surface area contributed by atoms with E-state index in [9.17, 15) is 0 Å². The molecule has 10 heterocycles. The summed E-state index contributed by atoms with van der Waals surface area (Å²) in [5.74, 6) is 1.19. The molecule has 0 nitrogen and oxygen atoms in total. The van der Waals surface area contributed by atoms with Gasteiger partial charge in [-0.3, -0.25) is 0 Å². The predicted molar refractivity (Wildman–Crippen MR) is 73.9 cm³/mol. The number of unbranched alkanes of at least 4 members (excludes halogenated alkanes) is 1. The zero-order valence-corrected chi connectivity index (χ0v) is 12.9. The number of thiol groups is 1. The molecule has 17 heavy (non-hydrogen) atoms.